The third-order valence-electron chi connectivity index (χ3n) is 2.94. The van der Waals surface area contributed by atoms with Crippen LogP contribution in [0.2, 0.25) is 0 Å². The smallest absolute Gasteiger partial charge is 0.306 e. The molecule has 1 nitrogen and oxygen atoms in total. The standard InChI is InChI=1S/C16H13F4N/c17-14-7-3-12(4-8-14)10-21-9-11-1-5-13(6-2-11)15(18)16(19)20/h1-8,21H,9-10H2. The molecule has 21 heavy (non-hydrogen) atoms. The minimum Gasteiger partial charge on any atom is -0.309 e. The van der Waals surface area contributed by atoms with Crippen LogP contribution in [0.3, 0.4) is 0 Å². The molecule has 0 atom stereocenters. The summed E-state index contributed by atoms with van der Waals surface area (Å²) in [5.41, 5.74) is 1.63. The average molecular weight is 295 g/mol. The molecule has 0 heterocycles. The van der Waals surface area contributed by atoms with Crippen LogP contribution in [0, 0.1) is 5.82 Å². The van der Waals surface area contributed by atoms with E-state index in [9.17, 15) is 17.6 Å². The zero-order chi connectivity index (χ0) is 15.2. The predicted molar refractivity (Wildman–Crippen MR) is 73.6 cm³/mol. The van der Waals surface area contributed by atoms with Crippen LogP contribution in [-0.2, 0) is 13.1 Å². The highest BCUT2D eigenvalue weighted by Crippen LogP contribution is 2.22. The highest BCUT2D eigenvalue weighted by atomic mass is 19.3. The third-order valence-corrected chi connectivity index (χ3v) is 2.94. The van der Waals surface area contributed by atoms with Gasteiger partial charge in [-0.15, -0.1) is 0 Å². The molecule has 0 bridgehead atoms. The molecule has 0 aliphatic heterocycles. The second-order valence-corrected chi connectivity index (χ2v) is 4.50. The van der Waals surface area contributed by atoms with Crippen LogP contribution < -0.4 is 5.32 Å². The Bertz CT molecular complexity index is 614. The van der Waals surface area contributed by atoms with E-state index in [4.69, 9.17) is 0 Å². The zero-order valence-corrected chi connectivity index (χ0v) is 11.0. The van der Waals surface area contributed by atoms with Gasteiger partial charge in [0.05, 0.1) is 0 Å². The first kappa shape index (κ1) is 15.3. The normalized spacial score (nSPS) is 10.5. The first-order valence-corrected chi connectivity index (χ1v) is 6.31. The summed E-state index contributed by atoms with van der Waals surface area (Å²) < 4.78 is 49.9. The number of nitrogens with one attached hydrogen (secondary N) is 1. The molecule has 0 aliphatic carbocycles. The molecule has 0 saturated heterocycles. The number of halogens is 4. The SMILES string of the molecule is FC(F)=C(F)c1ccc(CNCc2ccc(F)cc2)cc1. The van der Waals surface area contributed by atoms with Crippen LogP contribution in [0.15, 0.2) is 54.6 Å². The number of benzene rings is 2. The molecule has 0 spiro atoms. The summed E-state index contributed by atoms with van der Waals surface area (Å²) >= 11 is 0. The Morgan fingerprint density at radius 3 is 1.71 bits per heavy atom. The lowest BCUT2D eigenvalue weighted by molar-refractivity contribution is 0.410. The molecule has 0 amide bonds. The maximum absolute atomic E-state index is 13.0. The van der Waals surface area contributed by atoms with Gasteiger partial charge in [-0.25, -0.2) is 8.78 Å². The van der Waals surface area contributed by atoms with Gasteiger partial charge in [0.2, 0.25) is 0 Å². The second kappa shape index (κ2) is 7.04. The van der Waals surface area contributed by atoms with Gasteiger partial charge < -0.3 is 5.32 Å². The quantitative estimate of drug-likeness (QED) is 0.792. The predicted octanol–water partition coefficient (Wildman–Crippen LogP) is 4.65. The van der Waals surface area contributed by atoms with Gasteiger partial charge in [0, 0.05) is 18.7 Å². The molecule has 110 valence electrons. The maximum atomic E-state index is 13.0. The van der Waals surface area contributed by atoms with E-state index in [1.165, 1.54) is 24.3 Å². The molecule has 0 radical (unpaired) electrons. The Kier molecular flexibility index (Phi) is 5.11. The third kappa shape index (κ3) is 4.43. The van der Waals surface area contributed by atoms with E-state index >= 15 is 0 Å². The van der Waals surface area contributed by atoms with E-state index in [1.807, 2.05) is 0 Å². The Balaban J connectivity index is 1.89. The van der Waals surface area contributed by atoms with Crippen molar-refractivity contribution in [2.75, 3.05) is 0 Å². The maximum Gasteiger partial charge on any atom is 0.306 e. The number of hydrogen-bond acceptors (Lipinski definition) is 1. The lowest BCUT2D eigenvalue weighted by atomic mass is 10.1. The van der Waals surface area contributed by atoms with Crippen LogP contribution in [0.4, 0.5) is 17.6 Å². The monoisotopic (exact) mass is 295 g/mol. The molecule has 0 aromatic heterocycles. The van der Waals surface area contributed by atoms with Crippen molar-refractivity contribution in [3.05, 3.63) is 77.1 Å². The summed E-state index contributed by atoms with van der Waals surface area (Å²) in [6.07, 6.45) is -2.32. The number of rotatable bonds is 5. The molecule has 0 saturated carbocycles. The minimum absolute atomic E-state index is 0.141. The lowest BCUT2D eigenvalue weighted by Gasteiger charge is -2.06. The van der Waals surface area contributed by atoms with E-state index < -0.39 is 11.9 Å². The van der Waals surface area contributed by atoms with E-state index in [1.54, 1.807) is 24.3 Å². The van der Waals surface area contributed by atoms with E-state index in [0.717, 1.165) is 11.1 Å². The largest absolute Gasteiger partial charge is 0.309 e. The average Bonchev–Trinajstić information content (AvgIpc) is 2.49. The van der Waals surface area contributed by atoms with Gasteiger partial charge in [0.25, 0.3) is 0 Å². The van der Waals surface area contributed by atoms with Crippen molar-refractivity contribution in [2.45, 2.75) is 13.1 Å². The van der Waals surface area contributed by atoms with Gasteiger partial charge in [-0.3, -0.25) is 0 Å². The van der Waals surface area contributed by atoms with Crippen molar-refractivity contribution in [3.8, 4) is 0 Å². The molecule has 0 fully saturated rings. The fourth-order valence-corrected chi connectivity index (χ4v) is 1.83. The Morgan fingerprint density at radius 2 is 1.24 bits per heavy atom. The van der Waals surface area contributed by atoms with Gasteiger partial charge in [-0.2, -0.15) is 8.78 Å². The van der Waals surface area contributed by atoms with Crippen LogP contribution >= 0.6 is 0 Å². The van der Waals surface area contributed by atoms with Crippen molar-refractivity contribution in [2.24, 2.45) is 0 Å². The fourth-order valence-electron chi connectivity index (χ4n) is 1.83. The molecule has 2 aromatic carbocycles. The van der Waals surface area contributed by atoms with E-state index in [2.05, 4.69) is 5.32 Å². The Labute approximate surface area is 119 Å². The summed E-state index contributed by atoms with van der Waals surface area (Å²) in [6.45, 7) is 1.05. The lowest BCUT2D eigenvalue weighted by Crippen LogP contribution is -2.12. The molecule has 0 aliphatic rings. The van der Waals surface area contributed by atoms with E-state index in [0.29, 0.717) is 13.1 Å². The first-order chi connectivity index (χ1) is 10.1. The van der Waals surface area contributed by atoms with E-state index in [-0.39, 0.29) is 11.4 Å². The minimum atomic E-state index is -2.32. The Hall–Kier alpha value is -2.14. The summed E-state index contributed by atoms with van der Waals surface area (Å²) in [5, 5.41) is 3.13. The molecule has 2 aromatic rings. The molecule has 0 unspecified atom stereocenters. The Morgan fingerprint density at radius 1 is 0.762 bits per heavy atom. The van der Waals surface area contributed by atoms with Crippen LogP contribution in [-0.4, -0.2) is 0 Å². The molecular weight excluding hydrogens is 282 g/mol. The zero-order valence-electron chi connectivity index (χ0n) is 11.0. The summed E-state index contributed by atoms with van der Waals surface area (Å²) in [5.74, 6) is -1.79. The molecular formula is C16H13F4N. The van der Waals surface area contributed by atoms with Crippen LogP contribution in [0.1, 0.15) is 16.7 Å². The van der Waals surface area contributed by atoms with Gasteiger partial charge >= 0.3 is 6.08 Å². The fraction of sp³-hybridized carbons (Fsp3) is 0.125. The second-order valence-electron chi connectivity index (χ2n) is 4.50. The highest BCUT2D eigenvalue weighted by molar-refractivity contribution is 5.59. The molecule has 2 rings (SSSR count). The number of hydrogen-bond donors (Lipinski definition) is 1. The van der Waals surface area contributed by atoms with Crippen LogP contribution in [0.25, 0.3) is 5.83 Å². The van der Waals surface area contributed by atoms with Gasteiger partial charge in [-0.1, -0.05) is 36.4 Å². The van der Waals surface area contributed by atoms with Gasteiger partial charge in [0.15, 0.2) is 5.83 Å². The van der Waals surface area contributed by atoms with Crippen molar-refractivity contribution < 1.29 is 17.6 Å². The first-order valence-electron chi connectivity index (χ1n) is 6.31. The highest BCUT2D eigenvalue weighted by Gasteiger charge is 2.07. The van der Waals surface area contributed by atoms with Crippen molar-refractivity contribution in [1.82, 2.24) is 5.32 Å². The van der Waals surface area contributed by atoms with Crippen molar-refractivity contribution in [1.29, 1.82) is 0 Å². The van der Waals surface area contributed by atoms with Crippen LogP contribution in [0.5, 0.6) is 0 Å². The molecule has 5 heteroatoms. The van der Waals surface area contributed by atoms with Crippen molar-refractivity contribution >= 4 is 5.83 Å². The topological polar surface area (TPSA) is 12.0 Å². The summed E-state index contributed by atoms with van der Waals surface area (Å²) in [7, 11) is 0. The van der Waals surface area contributed by atoms with Gasteiger partial charge in [0.1, 0.15) is 5.82 Å². The summed E-state index contributed by atoms with van der Waals surface area (Å²) in [6, 6.07) is 11.9. The van der Waals surface area contributed by atoms with Gasteiger partial charge in [-0.05, 0) is 23.3 Å². The summed E-state index contributed by atoms with van der Waals surface area (Å²) in [4.78, 5) is 0. The molecule has 1 N–H and O–H groups in total. The van der Waals surface area contributed by atoms with Crippen molar-refractivity contribution in [3.63, 3.8) is 0 Å².